The van der Waals surface area contributed by atoms with E-state index in [-0.39, 0.29) is 12.5 Å². The van der Waals surface area contributed by atoms with Crippen molar-refractivity contribution in [2.75, 3.05) is 19.8 Å². The van der Waals surface area contributed by atoms with E-state index in [1.165, 1.54) is 0 Å². The van der Waals surface area contributed by atoms with Gasteiger partial charge in [0.15, 0.2) is 18.1 Å². The second-order valence-electron chi connectivity index (χ2n) is 6.93. The van der Waals surface area contributed by atoms with Crippen molar-refractivity contribution in [2.45, 2.75) is 31.8 Å². The van der Waals surface area contributed by atoms with Crippen molar-refractivity contribution in [1.82, 2.24) is 5.32 Å². The summed E-state index contributed by atoms with van der Waals surface area (Å²) in [5.41, 5.74) is 0.923. The van der Waals surface area contributed by atoms with Crippen molar-refractivity contribution in [3.8, 4) is 11.5 Å². The molecule has 0 unspecified atom stereocenters. The van der Waals surface area contributed by atoms with E-state index in [1.807, 2.05) is 12.1 Å². The number of ether oxygens (including phenoxy) is 3. The molecular weight excluding hydrogens is 429 g/mol. The summed E-state index contributed by atoms with van der Waals surface area (Å²) in [6.45, 7) is 2.07. The van der Waals surface area contributed by atoms with E-state index >= 15 is 0 Å². The Labute approximate surface area is 185 Å². The number of nitrogens with one attached hydrogen (secondary N) is 1. The molecule has 0 aliphatic carbocycles. The molecular formula is C22H23Cl2NO5. The van der Waals surface area contributed by atoms with Gasteiger partial charge in [-0.05, 0) is 36.2 Å². The lowest BCUT2D eigenvalue weighted by atomic mass is 9.94. The zero-order valence-corrected chi connectivity index (χ0v) is 18.0. The van der Waals surface area contributed by atoms with Gasteiger partial charge in [-0.25, -0.2) is 4.79 Å². The Kier molecular flexibility index (Phi) is 7.82. The lowest BCUT2D eigenvalue weighted by Gasteiger charge is -2.25. The van der Waals surface area contributed by atoms with Crippen LogP contribution in [-0.2, 0) is 14.3 Å². The summed E-state index contributed by atoms with van der Waals surface area (Å²) in [5.74, 6) is 0.0303. The summed E-state index contributed by atoms with van der Waals surface area (Å²) in [7, 11) is 0. The largest absolute Gasteiger partial charge is 0.485 e. The predicted octanol–water partition coefficient (Wildman–Crippen LogP) is 4.38. The summed E-state index contributed by atoms with van der Waals surface area (Å²) in [6, 6.07) is 12.4. The number of benzene rings is 2. The number of hydrogen-bond donors (Lipinski definition) is 1. The van der Waals surface area contributed by atoms with Gasteiger partial charge in [0.25, 0.3) is 5.91 Å². The van der Waals surface area contributed by atoms with Crippen molar-refractivity contribution in [1.29, 1.82) is 0 Å². The molecule has 3 rings (SSSR count). The Morgan fingerprint density at radius 2 is 1.97 bits per heavy atom. The van der Waals surface area contributed by atoms with E-state index < -0.39 is 24.6 Å². The first-order valence-electron chi connectivity index (χ1n) is 9.74. The van der Waals surface area contributed by atoms with Crippen molar-refractivity contribution in [3.63, 3.8) is 0 Å². The Morgan fingerprint density at radius 3 is 2.70 bits per heavy atom. The van der Waals surface area contributed by atoms with Gasteiger partial charge in [0.05, 0.1) is 0 Å². The molecule has 0 radical (unpaired) electrons. The number of fused-ring (bicyclic) bond motifs is 1. The number of para-hydroxylation sites is 2. The Morgan fingerprint density at radius 1 is 1.20 bits per heavy atom. The maximum Gasteiger partial charge on any atom is 0.351 e. The third kappa shape index (κ3) is 5.80. The molecule has 2 aromatic rings. The third-order valence-electron chi connectivity index (χ3n) is 4.70. The van der Waals surface area contributed by atoms with Crippen molar-refractivity contribution >= 4 is 35.1 Å². The zero-order chi connectivity index (χ0) is 21.5. The number of carbonyl (C=O) groups is 2. The maximum absolute atomic E-state index is 12.2. The molecule has 6 nitrogen and oxygen atoms in total. The third-order valence-corrected chi connectivity index (χ3v) is 5.26. The average molecular weight is 452 g/mol. The predicted molar refractivity (Wildman–Crippen MR) is 114 cm³/mol. The molecule has 0 bridgehead atoms. The monoisotopic (exact) mass is 451 g/mol. The molecule has 8 heteroatoms. The van der Waals surface area contributed by atoms with Crippen LogP contribution in [0.4, 0.5) is 0 Å². The summed E-state index contributed by atoms with van der Waals surface area (Å²) in [4.78, 5) is 24.4. The topological polar surface area (TPSA) is 73.9 Å². The lowest BCUT2D eigenvalue weighted by Crippen LogP contribution is -2.40. The summed E-state index contributed by atoms with van der Waals surface area (Å²) >= 11 is 12.3. The molecule has 2 aromatic carbocycles. The van der Waals surface area contributed by atoms with Crippen molar-refractivity contribution in [2.24, 2.45) is 0 Å². The minimum atomic E-state index is -0.909. The second kappa shape index (κ2) is 10.5. The minimum absolute atomic E-state index is 0.0328. The van der Waals surface area contributed by atoms with Crippen LogP contribution in [0.2, 0.25) is 10.0 Å². The molecule has 1 aliphatic heterocycles. The molecule has 1 heterocycles. The molecule has 0 saturated carbocycles. The van der Waals surface area contributed by atoms with Crippen molar-refractivity contribution in [3.05, 3.63) is 58.1 Å². The molecule has 160 valence electrons. The SMILES string of the molecule is CCC[C@H](CNC(=O)COC(=O)[C@@H]1COc2ccccc2O1)c1ccc(Cl)cc1Cl. The van der Waals surface area contributed by atoms with Crippen LogP contribution in [-0.4, -0.2) is 37.7 Å². The molecule has 0 aromatic heterocycles. The molecule has 1 aliphatic rings. The van der Waals surface area contributed by atoms with Gasteiger partial charge in [-0.1, -0.05) is 54.7 Å². The number of amides is 1. The van der Waals surface area contributed by atoms with E-state index in [0.717, 1.165) is 18.4 Å². The first kappa shape index (κ1) is 22.2. The van der Waals surface area contributed by atoms with Crippen molar-refractivity contribution < 1.29 is 23.8 Å². The summed E-state index contributed by atoms with van der Waals surface area (Å²) in [6.07, 6.45) is 0.858. The van der Waals surface area contributed by atoms with Gasteiger partial charge in [0, 0.05) is 22.5 Å². The highest BCUT2D eigenvalue weighted by Crippen LogP contribution is 2.31. The Hall–Kier alpha value is -2.44. The second-order valence-corrected chi connectivity index (χ2v) is 7.77. The van der Waals surface area contributed by atoms with Crippen LogP contribution in [0.15, 0.2) is 42.5 Å². The maximum atomic E-state index is 12.2. The van der Waals surface area contributed by atoms with Crippen LogP contribution in [0.5, 0.6) is 11.5 Å². The van der Waals surface area contributed by atoms with Gasteiger partial charge in [-0.2, -0.15) is 0 Å². The van der Waals surface area contributed by atoms with Crippen LogP contribution < -0.4 is 14.8 Å². The minimum Gasteiger partial charge on any atom is -0.485 e. The Bertz CT molecular complexity index is 905. The highest BCUT2D eigenvalue weighted by Gasteiger charge is 2.29. The zero-order valence-electron chi connectivity index (χ0n) is 16.5. The number of esters is 1. The fourth-order valence-corrected chi connectivity index (χ4v) is 3.76. The van der Waals surface area contributed by atoms with Gasteiger partial charge < -0.3 is 19.5 Å². The molecule has 2 atom stereocenters. The smallest absolute Gasteiger partial charge is 0.351 e. The highest BCUT2D eigenvalue weighted by atomic mass is 35.5. The molecule has 0 saturated heterocycles. The number of hydrogen-bond acceptors (Lipinski definition) is 5. The normalized spacial score (nSPS) is 15.9. The van der Waals surface area contributed by atoms with Gasteiger partial charge in [-0.3, -0.25) is 4.79 Å². The van der Waals surface area contributed by atoms with E-state index in [0.29, 0.717) is 28.1 Å². The van der Waals surface area contributed by atoms with Gasteiger partial charge in [-0.15, -0.1) is 0 Å². The van der Waals surface area contributed by atoms with Gasteiger partial charge >= 0.3 is 5.97 Å². The standard InChI is InChI=1S/C22H23Cl2NO5/c1-2-5-14(16-9-8-15(23)10-17(16)24)11-25-21(26)13-29-22(27)20-12-28-18-6-3-4-7-19(18)30-20/h3-4,6-10,14,20H,2,5,11-13H2,1H3,(H,25,26)/t14-,20+/m1/s1. The quantitative estimate of drug-likeness (QED) is 0.602. The average Bonchev–Trinajstić information content (AvgIpc) is 2.75. The first-order chi connectivity index (χ1) is 14.5. The lowest BCUT2D eigenvalue weighted by molar-refractivity contribution is -0.157. The van der Waals surface area contributed by atoms with Crippen LogP contribution >= 0.6 is 23.2 Å². The van der Waals surface area contributed by atoms with Crippen LogP contribution in [0.25, 0.3) is 0 Å². The van der Waals surface area contributed by atoms with Gasteiger partial charge in [0.2, 0.25) is 6.10 Å². The van der Waals surface area contributed by atoms with Crippen LogP contribution in [0.3, 0.4) is 0 Å². The van der Waals surface area contributed by atoms with Crippen LogP contribution in [0, 0.1) is 0 Å². The molecule has 1 N–H and O–H groups in total. The molecule has 1 amide bonds. The number of carbonyl (C=O) groups excluding carboxylic acids is 2. The molecule has 30 heavy (non-hydrogen) atoms. The first-order valence-corrected chi connectivity index (χ1v) is 10.5. The van der Waals surface area contributed by atoms with E-state index in [2.05, 4.69) is 12.2 Å². The van der Waals surface area contributed by atoms with E-state index in [9.17, 15) is 9.59 Å². The highest BCUT2D eigenvalue weighted by molar-refractivity contribution is 6.35. The molecule has 0 fully saturated rings. The van der Waals surface area contributed by atoms with E-state index in [4.69, 9.17) is 37.4 Å². The molecule has 0 spiro atoms. The van der Waals surface area contributed by atoms with E-state index in [1.54, 1.807) is 30.3 Å². The summed E-state index contributed by atoms with van der Waals surface area (Å²) in [5, 5.41) is 3.93. The fraction of sp³-hybridized carbons (Fsp3) is 0.364. The Balaban J connectivity index is 1.48. The number of halogens is 2. The number of rotatable bonds is 8. The van der Waals surface area contributed by atoms with Gasteiger partial charge in [0.1, 0.15) is 6.61 Å². The fourth-order valence-electron chi connectivity index (χ4n) is 3.20. The van der Waals surface area contributed by atoms with Crippen LogP contribution in [0.1, 0.15) is 31.2 Å². The summed E-state index contributed by atoms with van der Waals surface area (Å²) < 4.78 is 16.2.